The minimum atomic E-state index is -1.05. The average molecular weight is 304 g/mol. The number of aromatic nitrogens is 2. The first-order valence-corrected chi connectivity index (χ1v) is 6.84. The predicted molar refractivity (Wildman–Crippen MR) is 82.3 cm³/mol. The van der Waals surface area contributed by atoms with E-state index in [4.69, 9.17) is 9.47 Å². The molecule has 0 aliphatic rings. The van der Waals surface area contributed by atoms with E-state index in [1.165, 1.54) is 11.8 Å². The quantitative estimate of drug-likeness (QED) is 0.940. The lowest BCUT2D eigenvalue weighted by Gasteiger charge is -2.15. The molecular formula is C16H20N2O4. The van der Waals surface area contributed by atoms with Gasteiger partial charge in [0, 0.05) is 5.41 Å². The third-order valence-corrected chi connectivity index (χ3v) is 3.28. The second-order valence-corrected chi connectivity index (χ2v) is 5.90. The number of hydrogen-bond acceptors (Lipinski definition) is 4. The first-order valence-electron chi connectivity index (χ1n) is 6.84. The minimum Gasteiger partial charge on any atom is -0.497 e. The fourth-order valence-electron chi connectivity index (χ4n) is 2.21. The maximum absolute atomic E-state index is 11.6. The van der Waals surface area contributed by atoms with Crippen LogP contribution in [-0.4, -0.2) is 35.1 Å². The van der Waals surface area contributed by atoms with Crippen LogP contribution in [0, 0.1) is 0 Å². The lowest BCUT2D eigenvalue weighted by molar-refractivity contribution is 0.0690. The van der Waals surface area contributed by atoms with E-state index in [0.29, 0.717) is 17.1 Å². The Kier molecular flexibility index (Phi) is 4.12. The Balaban J connectivity index is 2.67. The van der Waals surface area contributed by atoms with Crippen molar-refractivity contribution in [2.24, 2.45) is 0 Å². The largest absolute Gasteiger partial charge is 0.497 e. The fourth-order valence-corrected chi connectivity index (χ4v) is 2.21. The molecule has 0 radical (unpaired) electrons. The van der Waals surface area contributed by atoms with Gasteiger partial charge in [-0.2, -0.15) is 5.10 Å². The highest BCUT2D eigenvalue weighted by Gasteiger charge is 2.32. The van der Waals surface area contributed by atoms with Crippen molar-refractivity contribution >= 4 is 5.97 Å². The normalized spacial score (nSPS) is 11.3. The van der Waals surface area contributed by atoms with Crippen LogP contribution in [0.3, 0.4) is 0 Å². The molecule has 1 heterocycles. The Bertz CT molecular complexity index is 681. The van der Waals surface area contributed by atoms with E-state index in [2.05, 4.69) is 5.10 Å². The topological polar surface area (TPSA) is 73.6 Å². The number of benzene rings is 1. The van der Waals surface area contributed by atoms with E-state index in [0.717, 1.165) is 0 Å². The molecule has 2 aromatic rings. The second-order valence-electron chi connectivity index (χ2n) is 5.90. The van der Waals surface area contributed by atoms with Crippen molar-refractivity contribution in [3.05, 3.63) is 35.5 Å². The van der Waals surface area contributed by atoms with Crippen LogP contribution in [0.5, 0.6) is 11.6 Å². The Morgan fingerprint density at radius 2 is 1.73 bits per heavy atom. The van der Waals surface area contributed by atoms with E-state index in [1.54, 1.807) is 31.4 Å². The van der Waals surface area contributed by atoms with E-state index in [1.807, 2.05) is 20.8 Å². The Hall–Kier alpha value is -2.50. The highest BCUT2D eigenvalue weighted by molar-refractivity contribution is 5.92. The molecule has 0 saturated carbocycles. The van der Waals surface area contributed by atoms with Crippen LogP contribution in [0.2, 0.25) is 0 Å². The first-order chi connectivity index (χ1) is 10.3. The number of ether oxygens (including phenoxy) is 2. The average Bonchev–Trinajstić information content (AvgIpc) is 2.87. The van der Waals surface area contributed by atoms with Crippen LogP contribution in [0.4, 0.5) is 0 Å². The highest BCUT2D eigenvalue weighted by atomic mass is 16.5. The molecular weight excluding hydrogens is 284 g/mol. The van der Waals surface area contributed by atoms with Crippen molar-refractivity contribution in [2.45, 2.75) is 26.2 Å². The SMILES string of the molecule is COc1ccc(-n2nc(C(C)(C)C)c(C(=O)O)c2OC)cc1. The molecule has 0 aliphatic heterocycles. The molecule has 0 aliphatic carbocycles. The van der Waals surface area contributed by atoms with Crippen LogP contribution in [0.1, 0.15) is 36.8 Å². The van der Waals surface area contributed by atoms with Gasteiger partial charge in [0.2, 0.25) is 5.88 Å². The molecule has 6 nitrogen and oxygen atoms in total. The van der Waals surface area contributed by atoms with Crippen molar-refractivity contribution in [1.29, 1.82) is 0 Å². The number of rotatable bonds is 4. The smallest absolute Gasteiger partial charge is 0.343 e. The van der Waals surface area contributed by atoms with Gasteiger partial charge in [-0.25, -0.2) is 9.48 Å². The van der Waals surface area contributed by atoms with Gasteiger partial charge >= 0.3 is 5.97 Å². The molecule has 118 valence electrons. The van der Waals surface area contributed by atoms with E-state index < -0.39 is 11.4 Å². The zero-order valence-corrected chi connectivity index (χ0v) is 13.4. The molecule has 2 rings (SSSR count). The summed E-state index contributed by atoms with van der Waals surface area (Å²) in [6.45, 7) is 5.75. The maximum Gasteiger partial charge on any atom is 0.343 e. The first kappa shape index (κ1) is 15.9. The summed E-state index contributed by atoms with van der Waals surface area (Å²) in [5.74, 6) is -0.131. The zero-order valence-electron chi connectivity index (χ0n) is 13.4. The monoisotopic (exact) mass is 304 g/mol. The molecule has 0 amide bonds. The minimum absolute atomic E-state index is 0.0887. The third kappa shape index (κ3) is 2.77. The van der Waals surface area contributed by atoms with Crippen LogP contribution < -0.4 is 9.47 Å². The van der Waals surface area contributed by atoms with Gasteiger partial charge in [-0.1, -0.05) is 20.8 Å². The zero-order chi connectivity index (χ0) is 16.5. The van der Waals surface area contributed by atoms with Crippen LogP contribution in [-0.2, 0) is 5.41 Å². The van der Waals surface area contributed by atoms with Crippen molar-refractivity contribution in [3.8, 4) is 17.3 Å². The van der Waals surface area contributed by atoms with E-state index in [9.17, 15) is 9.90 Å². The third-order valence-electron chi connectivity index (χ3n) is 3.28. The van der Waals surface area contributed by atoms with E-state index >= 15 is 0 Å². The number of carboxylic acid groups (broad SMARTS) is 1. The number of carbonyl (C=O) groups is 1. The number of nitrogens with zero attached hydrogens (tertiary/aromatic N) is 2. The second kappa shape index (κ2) is 5.71. The highest BCUT2D eigenvalue weighted by Crippen LogP contribution is 2.33. The maximum atomic E-state index is 11.6. The molecule has 0 unspecified atom stereocenters. The molecule has 0 fully saturated rings. The summed E-state index contributed by atoms with van der Waals surface area (Å²) in [6.07, 6.45) is 0. The lowest BCUT2D eigenvalue weighted by Crippen LogP contribution is -2.16. The molecule has 1 aromatic heterocycles. The molecule has 0 bridgehead atoms. The summed E-state index contributed by atoms with van der Waals surface area (Å²) in [5.41, 5.74) is 0.854. The van der Waals surface area contributed by atoms with Crippen molar-refractivity contribution < 1.29 is 19.4 Å². The summed E-state index contributed by atoms with van der Waals surface area (Å²) in [4.78, 5) is 11.6. The van der Waals surface area contributed by atoms with Gasteiger partial charge in [-0.3, -0.25) is 0 Å². The molecule has 0 atom stereocenters. The van der Waals surface area contributed by atoms with E-state index in [-0.39, 0.29) is 11.4 Å². The van der Waals surface area contributed by atoms with Gasteiger partial charge < -0.3 is 14.6 Å². The molecule has 6 heteroatoms. The summed E-state index contributed by atoms with van der Waals surface area (Å²) in [7, 11) is 3.03. The van der Waals surface area contributed by atoms with Crippen LogP contribution in [0.25, 0.3) is 5.69 Å². The predicted octanol–water partition coefficient (Wildman–Crippen LogP) is 2.89. The van der Waals surface area contributed by atoms with Crippen molar-refractivity contribution in [2.75, 3.05) is 14.2 Å². The summed E-state index contributed by atoms with van der Waals surface area (Å²) < 4.78 is 11.9. The summed E-state index contributed by atoms with van der Waals surface area (Å²) in [5, 5.41) is 14.0. The molecule has 1 N–H and O–H groups in total. The number of aromatic carboxylic acids is 1. The number of carboxylic acids is 1. The molecule has 0 spiro atoms. The van der Waals surface area contributed by atoms with Crippen LogP contribution in [0.15, 0.2) is 24.3 Å². The Labute approximate surface area is 129 Å². The Morgan fingerprint density at radius 1 is 1.14 bits per heavy atom. The van der Waals surface area contributed by atoms with Gasteiger partial charge in [-0.15, -0.1) is 0 Å². The van der Waals surface area contributed by atoms with Gasteiger partial charge in [0.15, 0.2) is 0 Å². The fraction of sp³-hybridized carbons (Fsp3) is 0.375. The number of methoxy groups -OCH3 is 2. The summed E-state index contributed by atoms with van der Waals surface area (Å²) in [6, 6.07) is 7.17. The van der Waals surface area contributed by atoms with Crippen LogP contribution >= 0.6 is 0 Å². The lowest BCUT2D eigenvalue weighted by atomic mass is 9.89. The molecule has 0 saturated heterocycles. The van der Waals surface area contributed by atoms with Gasteiger partial charge in [0.05, 0.1) is 25.6 Å². The molecule has 22 heavy (non-hydrogen) atoms. The molecule has 1 aromatic carbocycles. The van der Waals surface area contributed by atoms with Crippen molar-refractivity contribution in [1.82, 2.24) is 9.78 Å². The standard InChI is InChI=1S/C16H20N2O4/c1-16(2,3)13-12(15(19)20)14(22-5)18(17-13)10-6-8-11(21-4)9-7-10/h6-9H,1-5H3,(H,19,20). The number of hydrogen-bond donors (Lipinski definition) is 1. The summed E-state index contributed by atoms with van der Waals surface area (Å²) >= 11 is 0. The van der Waals surface area contributed by atoms with Gasteiger partial charge in [-0.05, 0) is 24.3 Å². The van der Waals surface area contributed by atoms with Crippen molar-refractivity contribution in [3.63, 3.8) is 0 Å². The van der Waals surface area contributed by atoms with Gasteiger partial charge in [0.25, 0.3) is 0 Å². The Morgan fingerprint density at radius 3 is 2.14 bits per heavy atom. The van der Waals surface area contributed by atoms with Gasteiger partial charge in [0.1, 0.15) is 11.3 Å².